The van der Waals surface area contributed by atoms with Gasteiger partial charge in [-0.15, -0.1) is 0 Å². The Hall–Kier alpha value is -1.85. The average Bonchev–Trinajstić information content (AvgIpc) is 2.91. The highest BCUT2D eigenvalue weighted by atomic mass is 16.5. The molecule has 1 heterocycles. The van der Waals surface area contributed by atoms with Crippen LogP contribution in [0, 0.1) is 0 Å². The number of unbranched alkanes of at least 4 members (excludes halogenated alkanes) is 1. The van der Waals surface area contributed by atoms with E-state index in [1.165, 1.54) is 0 Å². The third-order valence-corrected chi connectivity index (χ3v) is 3.15. The molecule has 0 saturated carbocycles. The van der Waals surface area contributed by atoms with Crippen molar-refractivity contribution in [3.63, 3.8) is 0 Å². The maximum Gasteiger partial charge on any atom is 0.331 e. The van der Waals surface area contributed by atoms with E-state index in [-0.39, 0.29) is 18.4 Å². The van der Waals surface area contributed by atoms with Gasteiger partial charge in [0.15, 0.2) is 0 Å². The minimum absolute atomic E-state index is 0.0630. The van der Waals surface area contributed by atoms with E-state index in [1.807, 2.05) is 26.1 Å². The van der Waals surface area contributed by atoms with Crippen LogP contribution in [0.3, 0.4) is 0 Å². The van der Waals surface area contributed by atoms with E-state index in [9.17, 15) is 9.59 Å². The molecular formula is C15H25N3O3. The topological polar surface area (TPSA) is 73.2 Å². The molecule has 6 nitrogen and oxygen atoms in total. The normalized spacial score (nSPS) is 12.8. The van der Waals surface area contributed by atoms with E-state index in [4.69, 9.17) is 4.74 Å². The summed E-state index contributed by atoms with van der Waals surface area (Å²) in [5.74, 6) is -0.605. The summed E-state index contributed by atoms with van der Waals surface area (Å²) < 4.78 is 6.87. The van der Waals surface area contributed by atoms with Crippen molar-refractivity contribution in [2.24, 2.45) is 0 Å². The van der Waals surface area contributed by atoms with Gasteiger partial charge in [0.1, 0.15) is 5.54 Å². The van der Waals surface area contributed by atoms with Crippen LogP contribution in [0.1, 0.15) is 53.0 Å². The molecule has 0 aromatic carbocycles. The second kappa shape index (κ2) is 7.81. The molecule has 1 atom stereocenters. The number of rotatable bonds is 8. The van der Waals surface area contributed by atoms with Gasteiger partial charge in [0.2, 0.25) is 5.91 Å². The van der Waals surface area contributed by atoms with E-state index >= 15 is 0 Å². The molecule has 118 valence electrons. The molecule has 0 aliphatic heterocycles. The van der Waals surface area contributed by atoms with Crippen molar-refractivity contribution >= 4 is 11.9 Å². The van der Waals surface area contributed by atoms with E-state index in [0.717, 1.165) is 12.8 Å². The largest absolute Gasteiger partial charge is 0.464 e. The molecule has 1 amide bonds. The highest BCUT2D eigenvalue weighted by Gasteiger charge is 2.31. The molecule has 0 bridgehead atoms. The summed E-state index contributed by atoms with van der Waals surface area (Å²) in [5, 5.41) is 6.82. The summed E-state index contributed by atoms with van der Waals surface area (Å²) in [7, 11) is 0. The Kier molecular flexibility index (Phi) is 6.39. The van der Waals surface area contributed by atoms with Gasteiger partial charge in [0.25, 0.3) is 0 Å². The SMILES string of the molecule is CCCCOC(=O)C(C)(C)NC(=O)CC(C)n1cccn1. The van der Waals surface area contributed by atoms with Gasteiger partial charge < -0.3 is 10.1 Å². The van der Waals surface area contributed by atoms with E-state index in [1.54, 1.807) is 24.7 Å². The van der Waals surface area contributed by atoms with Gasteiger partial charge in [0.05, 0.1) is 12.6 Å². The second-order valence-electron chi connectivity index (χ2n) is 5.70. The predicted octanol–water partition coefficient (Wildman–Crippen LogP) is 2.07. The lowest BCUT2D eigenvalue weighted by Crippen LogP contribution is -2.51. The Morgan fingerprint density at radius 2 is 2.14 bits per heavy atom. The van der Waals surface area contributed by atoms with Crippen molar-refractivity contribution in [3.05, 3.63) is 18.5 Å². The first kappa shape index (κ1) is 17.2. The fourth-order valence-corrected chi connectivity index (χ4v) is 1.84. The number of aromatic nitrogens is 2. The summed E-state index contributed by atoms with van der Waals surface area (Å²) in [4.78, 5) is 24.0. The Balaban J connectivity index is 2.46. The summed E-state index contributed by atoms with van der Waals surface area (Å²) in [5.41, 5.74) is -1.02. The summed E-state index contributed by atoms with van der Waals surface area (Å²) >= 11 is 0. The molecule has 0 saturated heterocycles. The molecule has 1 aromatic heterocycles. The molecule has 1 N–H and O–H groups in total. The first-order valence-electron chi connectivity index (χ1n) is 7.34. The molecule has 0 fully saturated rings. The molecule has 0 aliphatic rings. The van der Waals surface area contributed by atoms with E-state index in [0.29, 0.717) is 6.61 Å². The first-order valence-corrected chi connectivity index (χ1v) is 7.34. The van der Waals surface area contributed by atoms with Gasteiger partial charge in [-0.25, -0.2) is 4.79 Å². The lowest BCUT2D eigenvalue weighted by atomic mass is 10.1. The molecule has 0 radical (unpaired) electrons. The molecule has 0 spiro atoms. The van der Waals surface area contributed by atoms with Gasteiger partial charge >= 0.3 is 5.97 Å². The second-order valence-corrected chi connectivity index (χ2v) is 5.70. The molecule has 21 heavy (non-hydrogen) atoms. The van der Waals surface area contributed by atoms with Gasteiger partial charge in [0, 0.05) is 18.8 Å². The van der Waals surface area contributed by atoms with Crippen LogP contribution in [-0.2, 0) is 14.3 Å². The molecule has 1 aromatic rings. The number of nitrogens with zero attached hydrogens (tertiary/aromatic N) is 2. The minimum atomic E-state index is -1.02. The zero-order valence-electron chi connectivity index (χ0n) is 13.3. The number of carbonyl (C=O) groups excluding carboxylic acids is 2. The Morgan fingerprint density at radius 3 is 2.71 bits per heavy atom. The fraction of sp³-hybridized carbons (Fsp3) is 0.667. The van der Waals surface area contributed by atoms with Crippen LogP contribution in [0.5, 0.6) is 0 Å². The van der Waals surface area contributed by atoms with Crippen LogP contribution in [0.2, 0.25) is 0 Å². The van der Waals surface area contributed by atoms with Crippen molar-refractivity contribution in [1.29, 1.82) is 0 Å². The standard InChI is InChI=1S/C15H25N3O3/c1-5-6-10-21-14(20)15(3,4)17-13(19)11-12(2)18-9-7-8-16-18/h7-9,12H,5-6,10-11H2,1-4H3,(H,17,19). The van der Waals surface area contributed by atoms with Crippen LogP contribution in [-0.4, -0.2) is 33.8 Å². The number of carbonyl (C=O) groups is 2. The highest BCUT2D eigenvalue weighted by Crippen LogP contribution is 2.11. The number of amides is 1. The number of hydrogen-bond acceptors (Lipinski definition) is 4. The predicted molar refractivity (Wildman–Crippen MR) is 79.6 cm³/mol. The smallest absolute Gasteiger partial charge is 0.331 e. The van der Waals surface area contributed by atoms with Gasteiger partial charge in [-0.1, -0.05) is 13.3 Å². The van der Waals surface area contributed by atoms with Crippen LogP contribution in [0.4, 0.5) is 0 Å². The fourth-order valence-electron chi connectivity index (χ4n) is 1.84. The number of ether oxygens (including phenoxy) is 1. The Labute approximate surface area is 125 Å². The molecular weight excluding hydrogens is 270 g/mol. The average molecular weight is 295 g/mol. The maximum atomic E-state index is 12.0. The minimum Gasteiger partial charge on any atom is -0.464 e. The Bertz CT molecular complexity index is 455. The van der Waals surface area contributed by atoms with Crippen molar-refractivity contribution in [2.75, 3.05) is 6.61 Å². The number of esters is 1. The van der Waals surface area contributed by atoms with Crippen LogP contribution >= 0.6 is 0 Å². The monoisotopic (exact) mass is 295 g/mol. The van der Waals surface area contributed by atoms with Crippen LogP contribution < -0.4 is 5.32 Å². The van der Waals surface area contributed by atoms with Crippen molar-refractivity contribution in [3.8, 4) is 0 Å². The maximum absolute atomic E-state index is 12.0. The molecule has 1 rings (SSSR count). The zero-order valence-corrected chi connectivity index (χ0v) is 13.3. The highest BCUT2D eigenvalue weighted by molar-refractivity contribution is 5.87. The van der Waals surface area contributed by atoms with Crippen molar-refractivity contribution in [2.45, 2.75) is 58.5 Å². The van der Waals surface area contributed by atoms with E-state index < -0.39 is 11.5 Å². The summed E-state index contributed by atoms with van der Waals surface area (Å²) in [6.07, 6.45) is 5.52. The number of hydrogen-bond donors (Lipinski definition) is 1. The van der Waals surface area contributed by atoms with E-state index in [2.05, 4.69) is 10.4 Å². The summed E-state index contributed by atoms with van der Waals surface area (Å²) in [6.45, 7) is 7.62. The third kappa shape index (κ3) is 5.57. The first-order chi connectivity index (χ1) is 9.86. The summed E-state index contributed by atoms with van der Waals surface area (Å²) in [6, 6.07) is 1.75. The Morgan fingerprint density at radius 1 is 1.43 bits per heavy atom. The van der Waals surface area contributed by atoms with Gasteiger partial charge in [-0.2, -0.15) is 5.10 Å². The molecule has 0 aliphatic carbocycles. The molecule has 1 unspecified atom stereocenters. The lowest BCUT2D eigenvalue weighted by molar-refractivity contribution is -0.152. The molecule has 6 heteroatoms. The van der Waals surface area contributed by atoms with Crippen molar-refractivity contribution < 1.29 is 14.3 Å². The van der Waals surface area contributed by atoms with Gasteiger partial charge in [-0.05, 0) is 33.3 Å². The van der Waals surface area contributed by atoms with Crippen LogP contribution in [0.15, 0.2) is 18.5 Å². The third-order valence-electron chi connectivity index (χ3n) is 3.15. The quantitative estimate of drug-likeness (QED) is 0.588. The van der Waals surface area contributed by atoms with Crippen molar-refractivity contribution in [1.82, 2.24) is 15.1 Å². The van der Waals surface area contributed by atoms with Crippen LogP contribution in [0.25, 0.3) is 0 Å². The van der Waals surface area contributed by atoms with Gasteiger partial charge in [-0.3, -0.25) is 9.48 Å². The lowest BCUT2D eigenvalue weighted by Gasteiger charge is -2.25. The number of nitrogens with one attached hydrogen (secondary N) is 1. The zero-order chi connectivity index (χ0) is 15.9.